The fraction of sp³-hybridized carbons (Fsp3) is 0.600. The topological polar surface area (TPSA) is 58.3 Å². The predicted octanol–water partition coefficient (Wildman–Crippen LogP) is 0.199. The van der Waals surface area contributed by atoms with Crippen LogP contribution in [0, 0.1) is 0 Å². The fourth-order valence-corrected chi connectivity index (χ4v) is 1.89. The van der Waals surface area contributed by atoms with E-state index in [4.69, 9.17) is 5.73 Å². The monoisotopic (exact) mass is 207 g/mol. The average molecular weight is 207 g/mol. The quantitative estimate of drug-likeness (QED) is 0.750. The maximum absolute atomic E-state index is 5.61. The standard InChI is InChI=1S/C10H17N5/c1-14(2)8-3-4-15(7-8)10-6-12-5-9(11)13-10/h5-6,8H,3-4,7H2,1-2H3,(H2,11,13). The van der Waals surface area contributed by atoms with Crippen LogP contribution in [0.25, 0.3) is 0 Å². The van der Waals surface area contributed by atoms with Gasteiger partial charge in [-0.05, 0) is 20.5 Å². The summed E-state index contributed by atoms with van der Waals surface area (Å²) in [5.41, 5.74) is 5.61. The summed E-state index contributed by atoms with van der Waals surface area (Å²) in [4.78, 5) is 12.8. The molecule has 1 unspecified atom stereocenters. The molecule has 2 rings (SSSR count). The zero-order valence-corrected chi connectivity index (χ0v) is 9.22. The first-order valence-electron chi connectivity index (χ1n) is 5.15. The lowest BCUT2D eigenvalue weighted by molar-refractivity contribution is 0.315. The summed E-state index contributed by atoms with van der Waals surface area (Å²) in [6, 6.07) is 0.605. The van der Waals surface area contributed by atoms with E-state index in [1.165, 1.54) is 6.42 Å². The highest BCUT2D eigenvalue weighted by molar-refractivity contribution is 5.42. The third-order valence-electron chi connectivity index (χ3n) is 2.86. The van der Waals surface area contributed by atoms with Crippen molar-refractivity contribution in [3.8, 4) is 0 Å². The number of nitrogen functional groups attached to an aromatic ring is 1. The Morgan fingerprint density at radius 1 is 1.47 bits per heavy atom. The van der Waals surface area contributed by atoms with Gasteiger partial charge in [-0.15, -0.1) is 0 Å². The summed E-state index contributed by atoms with van der Waals surface area (Å²) in [6.07, 6.45) is 4.51. The van der Waals surface area contributed by atoms with Crippen molar-refractivity contribution in [1.29, 1.82) is 0 Å². The van der Waals surface area contributed by atoms with Crippen LogP contribution in [-0.2, 0) is 0 Å². The van der Waals surface area contributed by atoms with Crippen molar-refractivity contribution in [2.45, 2.75) is 12.5 Å². The summed E-state index contributed by atoms with van der Waals surface area (Å²) in [6.45, 7) is 2.03. The first-order chi connectivity index (χ1) is 7.16. The van der Waals surface area contributed by atoms with Gasteiger partial charge in [0.25, 0.3) is 0 Å². The Kier molecular flexibility index (Phi) is 2.73. The molecule has 0 amide bonds. The molecule has 1 saturated heterocycles. The molecule has 0 aliphatic carbocycles. The van der Waals surface area contributed by atoms with Gasteiger partial charge in [-0.25, -0.2) is 4.98 Å². The number of aromatic nitrogens is 2. The molecular weight excluding hydrogens is 190 g/mol. The lowest BCUT2D eigenvalue weighted by atomic mass is 10.2. The summed E-state index contributed by atoms with van der Waals surface area (Å²) >= 11 is 0. The van der Waals surface area contributed by atoms with Gasteiger partial charge in [0, 0.05) is 19.1 Å². The molecule has 5 nitrogen and oxygen atoms in total. The lowest BCUT2D eigenvalue weighted by Gasteiger charge is -2.20. The molecule has 0 bridgehead atoms. The van der Waals surface area contributed by atoms with Gasteiger partial charge >= 0.3 is 0 Å². The van der Waals surface area contributed by atoms with E-state index < -0.39 is 0 Å². The van der Waals surface area contributed by atoms with Crippen molar-refractivity contribution in [2.24, 2.45) is 0 Å². The molecule has 0 aromatic carbocycles. The van der Waals surface area contributed by atoms with Gasteiger partial charge in [0.15, 0.2) is 0 Å². The van der Waals surface area contributed by atoms with Crippen molar-refractivity contribution >= 4 is 11.6 Å². The maximum Gasteiger partial charge on any atom is 0.149 e. The molecule has 0 saturated carbocycles. The molecule has 1 atom stereocenters. The molecule has 15 heavy (non-hydrogen) atoms. The van der Waals surface area contributed by atoms with E-state index >= 15 is 0 Å². The van der Waals surface area contributed by atoms with Crippen LogP contribution < -0.4 is 10.6 Å². The van der Waals surface area contributed by atoms with Crippen LogP contribution in [0.2, 0.25) is 0 Å². The molecule has 2 N–H and O–H groups in total. The van der Waals surface area contributed by atoms with Crippen molar-refractivity contribution in [1.82, 2.24) is 14.9 Å². The fourth-order valence-electron chi connectivity index (χ4n) is 1.89. The van der Waals surface area contributed by atoms with Crippen LogP contribution in [0.1, 0.15) is 6.42 Å². The number of anilines is 2. The number of hydrogen-bond donors (Lipinski definition) is 1. The van der Waals surface area contributed by atoms with E-state index in [2.05, 4.69) is 33.9 Å². The minimum atomic E-state index is 0.487. The minimum absolute atomic E-state index is 0.487. The normalized spacial score (nSPS) is 21.3. The molecule has 82 valence electrons. The minimum Gasteiger partial charge on any atom is -0.382 e. The van der Waals surface area contributed by atoms with Crippen molar-refractivity contribution in [3.05, 3.63) is 12.4 Å². The Bertz CT molecular complexity index is 338. The number of nitrogens with two attached hydrogens (primary N) is 1. The highest BCUT2D eigenvalue weighted by Crippen LogP contribution is 2.19. The molecule has 1 aliphatic rings. The molecule has 1 fully saturated rings. The molecule has 0 radical (unpaired) electrons. The largest absolute Gasteiger partial charge is 0.382 e. The van der Waals surface area contributed by atoms with Gasteiger partial charge < -0.3 is 15.5 Å². The average Bonchev–Trinajstić information content (AvgIpc) is 2.66. The van der Waals surface area contributed by atoms with Crippen LogP contribution in [0.3, 0.4) is 0 Å². The van der Waals surface area contributed by atoms with Crippen LogP contribution in [0.4, 0.5) is 11.6 Å². The van der Waals surface area contributed by atoms with Gasteiger partial charge in [-0.1, -0.05) is 0 Å². The van der Waals surface area contributed by atoms with Gasteiger partial charge in [-0.3, -0.25) is 4.98 Å². The molecular formula is C10H17N5. The van der Waals surface area contributed by atoms with E-state index in [0.717, 1.165) is 18.9 Å². The summed E-state index contributed by atoms with van der Waals surface area (Å²) in [5.74, 6) is 1.38. The zero-order valence-electron chi connectivity index (χ0n) is 9.22. The van der Waals surface area contributed by atoms with Gasteiger partial charge in [0.1, 0.15) is 11.6 Å². The highest BCUT2D eigenvalue weighted by Gasteiger charge is 2.24. The van der Waals surface area contributed by atoms with Crippen LogP contribution in [0.5, 0.6) is 0 Å². The van der Waals surface area contributed by atoms with Gasteiger partial charge in [0.2, 0.25) is 0 Å². The highest BCUT2D eigenvalue weighted by atomic mass is 15.3. The summed E-state index contributed by atoms with van der Waals surface area (Å²) in [7, 11) is 4.22. The molecule has 2 heterocycles. The molecule has 5 heteroatoms. The molecule has 1 aliphatic heterocycles. The first-order valence-corrected chi connectivity index (χ1v) is 5.15. The Balaban J connectivity index is 2.08. The number of rotatable bonds is 2. The third kappa shape index (κ3) is 2.18. The van der Waals surface area contributed by atoms with Gasteiger partial charge in [-0.2, -0.15) is 0 Å². The number of likely N-dealkylation sites (N-methyl/N-ethyl adjacent to an activating group) is 1. The van der Waals surface area contributed by atoms with E-state index in [1.54, 1.807) is 12.4 Å². The lowest BCUT2D eigenvalue weighted by Crippen LogP contribution is -2.31. The van der Waals surface area contributed by atoms with Crippen LogP contribution >= 0.6 is 0 Å². The predicted molar refractivity (Wildman–Crippen MR) is 60.7 cm³/mol. The van der Waals surface area contributed by atoms with E-state index in [1.807, 2.05) is 0 Å². The smallest absolute Gasteiger partial charge is 0.149 e. The Morgan fingerprint density at radius 3 is 2.87 bits per heavy atom. The zero-order chi connectivity index (χ0) is 10.8. The van der Waals surface area contributed by atoms with Gasteiger partial charge in [0.05, 0.1) is 12.4 Å². The second-order valence-corrected chi connectivity index (χ2v) is 4.15. The van der Waals surface area contributed by atoms with Crippen LogP contribution in [0.15, 0.2) is 12.4 Å². The Hall–Kier alpha value is -1.36. The maximum atomic E-state index is 5.61. The number of hydrogen-bond acceptors (Lipinski definition) is 5. The van der Waals surface area contributed by atoms with E-state index in [0.29, 0.717) is 11.9 Å². The van der Waals surface area contributed by atoms with Crippen molar-refractivity contribution in [2.75, 3.05) is 37.8 Å². The summed E-state index contributed by atoms with van der Waals surface area (Å²) < 4.78 is 0. The second-order valence-electron chi connectivity index (χ2n) is 4.15. The first kappa shape index (κ1) is 10.2. The molecule has 0 spiro atoms. The number of nitrogens with zero attached hydrogens (tertiary/aromatic N) is 4. The SMILES string of the molecule is CN(C)C1CCN(c2cncc(N)n2)C1. The van der Waals surface area contributed by atoms with Crippen molar-refractivity contribution < 1.29 is 0 Å². The summed E-state index contributed by atoms with van der Waals surface area (Å²) in [5, 5.41) is 0. The van der Waals surface area contributed by atoms with E-state index in [-0.39, 0.29) is 0 Å². The molecule has 1 aromatic rings. The third-order valence-corrected chi connectivity index (χ3v) is 2.86. The van der Waals surface area contributed by atoms with Crippen LogP contribution in [-0.4, -0.2) is 48.1 Å². The Labute approximate surface area is 89.9 Å². The second kappa shape index (κ2) is 4.02. The van der Waals surface area contributed by atoms with Crippen molar-refractivity contribution in [3.63, 3.8) is 0 Å². The molecule has 1 aromatic heterocycles. The Morgan fingerprint density at radius 2 is 2.27 bits per heavy atom. The van der Waals surface area contributed by atoms with E-state index in [9.17, 15) is 0 Å².